The molecule has 2 rings (SSSR count). The number of ether oxygens (including phenoxy) is 2. The highest BCUT2D eigenvalue weighted by Crippen LogP contribution is 2.21. The lowest BCUT2D eigenvalue weighted by atomic mass is 10.2. The fraction of sp³-hybridized carbons (Fsp3) is 0.300. The zero-order chi connectivity index (χ0) is 19.8. The number of anilines is 1. The predicted molar refractivity (Wildman–Crippen MR) is 113 cm³/mol. The summed E-state index contributed by atoms with van der Waals surface area (Å²) in [6, 6.07) is 12.8. The molecule has 0 heterocycles. The molecule has 0 saturated heterocycles. The number of benzene rings is 2. The van der Waals surface area contributed by atoms with Gasteiger partial charge in [-0.05, 0) is 68.9 Å². The average molecular weight is 407 g/mol. The number of halogens is 1. The molecule has 0 bridgehead atoms. The van der Waals surface area contributed by atoms with E-state index in [2.05, 4.69) is 10.6 Å². The van der Waals surface area contributed by atoms with Crippen LogP contribution in [-0.4, -0.2) is 23.8 Å². The third-order valence-electron chi connectivity index (χ3n) is 3.47. The first-order valence-corrected chi connectivity index (χ1v) is 9.44. The second-order valence-electron chi connectivity index (χ2n) is 6.03. The van der Waals surface area contributed by atoms with Gasteiger partial charge in [0.15, 0.2) is 5.11 Å². The molecule has 0 aliphatic heterocycles. The van der Waals surface area contributed by atoms with Gasteiger partial charge in [0.1, 0.15) is 5.75 Å². The first-order valence-electron chi connectivity index (χ1n) is 8.66. The average Bonchev–Trinajstić information content (AvgIpc) is 2.62. The summed E-state index contributed by atoms with van der Waals surface area (Å²) in [7, 11) is 0. The Morgan fingerprint density at radius 2 is 1.89 bits per heavy atom. The normalized spacial score (nSPS) is 10.4. The summed E-state index contributed by atoms with van der Waals surface area (Å²) in [6.45, 7) is 6.57. The van der Waals surface area contributed by atoms with Crippen LogP contribution >= 0.6 is 23.8 Å². The summed E-state index contributed by atoms with van der Waals surface area (Å²) in [5.74, 6) is 0.371. The van der Waals surface area contributed by atoms with Crippen molar-refractivity contribution in [1.82, 2.24) is 5.32 Å². The summed E-state index contributed by atoms with van der Waals surface area (Å²) < 4.78 is 10.6. The third-order valence-corrected chi connectivity index (χ3v) is 4.04. The molecule has 0 atom stereocenters. The highest BCUT2D eigenvalue weighted by atomic mass is 35.5. The van der Waals surface area contributed by atoms with Crippen LogP contribution in [0.15, 0.2) is 42.5 Å². The van der Waals surface area contributed by atoms with E-state index >= 15 is 0 Å². The quantitative estimate of drug-likeness (QED) is 0.509. The largest absolute Gasteiger partial charge is 0.491 e. The van der Waals surface area contributed by atoms with Crippen molar-refractivity contribution in [3.8, 4) is 5.75 Å². The summed E-state index contributed by atoms with van der Waals surface area (Å²) in [5.41, 5.74) is 2.02. The Labute approximate surface area is 170 Å². The van der Waals surface area contributed by atoms with Crippen LogP contribution in [0.3, 0.4) is 0 Å². The Hall–Kier alpha value is -2.31. The van der Waals surface area contributed by atoms with Crippen molar-refractivity contribution in [3.63, 3.8) is 0 Å². The number of carbonyl (C=O) groups excluding carboxylic acids is 1. The fourth-order valence-corrected chi connectivity index (χ4v) is 2.67. The molecule has 0 unspecified atom stereocenters. The smallest absolute Gasteiger partial charge is 0.339 e. The molecule has 7 heteroatoms. The van der Waals surface area contributed by atoms with Gasteiger partial charge in [0.2, 0.25) is 0 Å². The second-order valence-corrected chi connectivity index (χ2v) is 6.85. The van der Waals surface area contributed by atoms with E-state index in [4.69, 9.17) is 33.3 Å². The molecule has 0 aliphatic carbocycles. The van der Waals surface area contributed by atoms with Gasteiger partial charge in [-0.25, -0.2) is 4.79 Å². The van der Waals surface area contributed by atoms with Crippen LogP contribution in [0.25, 0.3) is 0 Å². The van der Waals surface area contributed by atoms with Crippen LogP contribution in [0.1, 0.15) is 36.7 Å². The van der Waals surface area contributed by atoms with Gasteiger partial charge in [-0.15, -0.1) is 0 Å². The van der Waals surface area contributed by atoms with Gasteiger partial charge in [0, 0.05) is 12.2 Å². The summed E-state index contributed by atoms with van der Waals surface area (Å²) in [5, 5.41) is 6.94. The number of hydrogen-bond acceptors (Lipinski definition) is 4. The fourth-order valence-electron chi connectivity index (χ4n) is 2.28. The molecule has 2 N–H and O–H groups in total. The van der Waals surface area contributed by atoms with Crippen molar-refractivity contribution in [1.29, 1.82) is 0 Å². The minimum Gasteiger partial charge on any atom is -0.491 e. The van der Waals surface area contributed by atoms with Crippen molar-refractivity contribution in [3.05, 3.63) is 58.6 Å². The number of nitrogens with one attached hydrogen (secondary N) is 2. The lowest BCUT2D eigenvalue weighted by Crippen LogP contribution is -2.28. The van der Waals surface area contributed by atoms with E-state index in [1.807, 2.05) is 38.1 Å². The first kappa shape index (κ1) is 21.0. The molecular formula is C20H23ClN2O3S. The maximum atomic E-state index is 11.9. The summed E-state index contributed by atoms with van der Waals surface area (Å²) in [4.78, 5) is 11.9. The number of hydrogen-bond donors (Lipinski definition) is 2. The number of thiocarbonyl (C=S) groups is 1. The molecule has 144 valence electrons. The van der Waals surface area contributed by atoms with Crippen LogP contribution in [0, 0.1) is 0 Å². The molecule has 2 aromatic rings. The molecule has 27 heavy (non-hydrogen) atoms. The topological polar surface area (TPSA) is 59.6 Å². The molecule has 0 amide bonds. The monoisotopic (exact) mass is 406 g/mol. The maximum Gasteiger partial charge on any atom is 0.339 e. The van der Waals surface area contributed by atoms with Crippen molar-refractivity contribution in [2.75, 3.05) is 11.9 Å². The molecule has 0 spiro atoms. The van der Waals surface area contributed by atoms with Gasteiger partial charge in [0.05, 0.1) is 23.3 Å². The lowest BCUT2D eigenvalue weighted by molar-refractivity contribution is 0.0526. The van der Waals surface area contributed by atoms with E-state index < -0.39 is 5.97 Å². The lowest BCUT2D eigenvalue weighted by Gasteiger charge is -2.13. The van der Waals surface area contributed by atoms with E-state index in [1.165, 1.54) is 0 Å². The summed E-state index contributed by atoms with van der Waals surface area (Å²) in [6.07, 6.45) is 0.143. The van der Waals surface area contributed by atoms with Crippen molar-refractivity contribution in [2.45, 2.75) is 33.4 Å². The van der Waals surface area contributed by atoms with Crippen molar-refractivity contribution >= 4 is 40.6 Å². The number of carbonyl (C=O) groups is 1. The van der Waals surface area contributed by atoms with Gasteiger partial charge >= 0.3 is 5.97 Å². The predicted octanol–water partition coefficient (Wildman–Crippen LogP) is 4.79. The molecule has 5 nitrogen and oxygen atoms in total. The van der Waals surface area contributed by atoms with E-state index in [1.54, 1.807) is 25.1 Å². The SMILES string of the molecule is CCOC(=O)c1cc(NC(=S)NCc2ccc(OC(C)C)cc2)ccc1Cl. The molecule has 2 aromatic carbocycles. The minimum absolute atomic E-state index is 0.143. The van der Waals surface area contributed by atoms with Gasteiger partial charge in [-0.3, -0.25) is 0 Å². The first-order chi connectivity index (χ1) is 12.9. The van der Waals surface area contributed by atoms with E-state index in [-0.39, 0.29) is 12.7 Å². The third kappa shape index (κ3) is 6.73. The standard InChI is InChI=1S/C20H23ClN2O3S/c1-4-25-19(24)17-11-15(7-10-18(17)21)23-20(27)22-12-14-5-8-16(9-6-14)26-13(2)3/h5-11,13H,4,12H2,1-3H3,(H2,22,23,27). The Balaban J connectivity index is 1.92. The van der Waals surface area contributed by atoms with Gasteiger partial charge in [-0.1, -0.05) is 23.7 Å². The molecule has 0 fully saturated rings. The summed E-state index contributed by atoms with van der Waals surface area (Å²) >= 11 is 11.4. The Kier molecular flexibility index (Phi) is 7.88. The minimum atomic E-state index is -0.464. The van der Waals surface area contributed by atoms with Crippen LogP contribution in [0.2, 0.25) is 5.02 Å². The molecule has 0 radical (unpaired) electrons. The van der Waals surface area contributed by atoms with E-state index in [0.717, 1.165) is 11.3 Å². The zero-order valence-electron chi connectivity index (χ0n) is 15.5. The van der Waals surface area contributed by atoms with Crippen LogP contribution in [-0.2, 0) is 11.3 Å². The van der Waals surface area contributed by atoms with Crippen molar-refractivity contribution in [2.24, 2.45) is 0 Å². The highest BCUT2D eigenvalue weighted by molar-refractivity contribution is 7.80. The van der Waals surface area contributed by atoms with Crippen LogP contribution in [0.5, 0.6) is 5.75 Å². The zero-order valence-corrected chi connectivity index (χ0v) is 17.1. The van der Waals surface area contributed by atoms with E-state index in [9.17, 15) is 4.79 Å². The Bertz CT molecular complexity index is 794. The van der Waals surface area contributed by atoms with E-state index in [0.29, 0.717) is 27.9 Å². The Morgan fingerprint density at radius 1 is 1.19 bits per heavy atom. The molecular weight excluding hydrogens is 384 g/mol. The maximum absolute atomic E-state index is 11.9. The Morgan fingerprint density at radius 3 is 2.52 bits per heavy atom. The van der Waals surface area contributed by atoms with Gasteiger partial charge < -0.3 is 20.1 Å². The van der Waals surface area contributed by atoms with Crippen LogP contribution < -0.4 is 15.4 Å². The van der Waals surface area contributed by atoms with Gasteiger partial charge in [0.25, 0.3) is 0 Å². The molecule has 0 saturated carbocycles. The molecule has 0 aliphatic rings. The van der Waals surface area contributed by atoms with Crippen molar-refractivity contribution < 1.29 is 14.3 Å². The number of esters is 1. The van der Waals surface area contributed by atoms with Crippen LogP contribution in [0.4, 0.5) is 5.69 Å². The van der Waals surface area contributed by atoms with Gasteiger partial charge in [-0.2, -0.15) is 0 Å². The highest BCUT2D eigenvalue weighted by Gasteiger charge is 2.12. The number of rotatable bonds is 7. The molecule has 0 aromatic heterocycles. The second kappa shape index (κ2) is 10.1.